The van der Waals surface area contributed by atoms with E-state index in [9.17, 15) is 10.1 Å². The second-order valence-electron chi connectivity index (χ2n) is 4.13. The summed E-state index contributed by atoms with van der Waals surface area (Å²) in [7, 11) is 0. The highest BCUT2D eigenvalue weighted by Gasteiger charge is 2.26. The Morgan fingerprint density at radius 3 is 2.89 bits per heavy atom. The second-order valence-corrected chi connectivity index (χ2v) is 6.67. The Hall–Kier alpha value is -1.39. The Kier molecular flexibility index (Phi) is 3.68. The van der Waals surface area contributed by atoms with E-state index in [0.29, 0.717) is 10.8 Å². The zero-order valence-corrected chi connectivity index (χ0v) is 11.6. The average molecular weight is 282 g/mol. The Bertz CT molecular complexity index is 520. The predicted octanol–water partition coefficient (Wildman–Crippen LogP) is 1.24. The molecule has 1 atom stereocenters. The fourth-order valence-corrected chi connectivity index (χ4v) is 4.02. The molecule has 1 saturated heterocycles. The number of carbonyl (C=O) groups excluding carboxylic acids is 1. The molecule has 0 spiro atoms. The highest BCUT2D eigenvalue weighted by atomic mass is 32.2. The summed E-state index contributed by atoms with van der Waals surface area (Å²) in [4.78, 5) is 13.7. The number of nitrogens with zero attached hydrogens (tertiary/aromatic N) is 2. The molecule has 0 aromatic carbocycles. The van der Waals surface area contributed by atoms with Crippen LogP contribution in [0.15, 0.2) is 0 Å². The Labute approximate surface area is 114 Å². The molecule has 1 aromatic heterocycles. The summed E-state index contributed by atoms with van der Waals surface area (Å²) in [5.41, 5.74) is 11.7. The van der Waals surface area contributed by atoms with Crippen LogP contribution in [-0.4, -0.2) is 30.0 Å². The summed E-state index contributed by atoms with van der Waals surface area (Å²) < 4.78 is 0. The summed E-state index contributed by atoms with van der Waals surface area (Å²) in [6, 6.07) is 2.08. The number of thiophene rings is 1. The third-order valence-electron chi connectivity index (χ3n) is 2.79. The minimum atomic E-state index is -0.570. The van der Waals surface area contributed by atoms with Gasteiger partial charge in [-0.15, -0.1) is 11.3 Å². The first-order valence-electron chi connectivity index (χ1n) is 5.53. The number of nitriles is 1. The van der Waals surface area contributed by atoms with E-state index in [1.54, 1.807) is 0 Å². The third-order valence-corrected chi connectivity index (χ3v) is 5.21. The molecule has 1 unspecified atom stereocenters. The van der Waals surface area contributed by atoms with Crippen molar-refractivity contribution < 1.29 is 4.79 Å². The van der Waals surface area contributed by atoms with Crippen LogP contribution in [0.1, 0.15) is 22.2 Å². The molecule has 0 radical (unpaired) electrons. The van der Waals surface area contributed by atoms with Crippen LogP contribution in [0, 0.1) is 11.3 Å². The van der Waals surface area contributed by atoms with Crippen LogP contribution in [0.3, 0.4) is 0 Å². The van der Waals surface area contributed by atoms with Crippen LogP contribution in [-0.2, 0) is 0 Å². The molecule has 0 bridgehead atoms. The molecule has 4 N–H and O–H groups in total. The van der Waals surface area contributed by atoms with E-state index in [0.717, 1.165) is 23.8 Å². The molecular weight excluding hydrogens is 268 g/mol. The van der Waals surface area contributed by atoms with Crippen LogP contribution in [0.25, 0.3) is 0 Å². The molecule has 18 heavy (non-hydrogen) atoms. The van der Waals surface area contributed by atoms with Crippen molar-refractivity contribution in [1.82, 2.24) is 0 Å². The van der Waals surface area contributed by atoms with Gasteiger partial charge in [0.05, 0.1) is 5.69 Å². The molecule has 1 fully saturated rings. The van der Waals surface area contributed by atoms with Crippen LogP contribution in [0.5, 0.6) is 0 Å². The number of primary amides is 1. The van der Waals surface area contributed by atoms with Crippen molar-refractivity contribution in [3.05, 3.63) is 10.4 Å². The lowest BCUT2D eigenvalue weighted by Gasteiger charge is -2.31. The summed E-state index contributed by atoms with van der Waals surface area (Å²) in [6.07, 6.45) is 0. The van der Waals surface area contributed by atoms with E-state index in [1.807, 2.05) is 11.8 Å². The van der Waals surface area contributed by atoms with E-state index in [1.165, 1.54) is 11.3 Å². The molecular formula is C11H14N4OS2. The van der Waals surface area contributed by atoms with E-state index in [4.69, 9.17) is 11.5 Å². The maximum Gasteiger partial charge on any atom is 0.261 e. The van der Waals surface area contributed by atoms with Crippen LogP contribution in [0.2, 0.25) is 0 Å². The van der Waals surface area contributed by atoms with Gasteiger partial charge in [-0.25, -0.2) is 0 Å². The molecule has 1 aliphatic heterocycles. The first kappa shape index (κ1) is 13.1. The molecule has 1 amide bonds. The van der Waals surface area contributed by atoms with Crippen molar-refractivity contribution in [2.24, 2.45) is 5.73 Å². The SMILES string of the molecule is CC1CN(c2sc(C(N)=O)c(N)c2C#N)CCS1. The average Bonchev–Trinajstić information content (AvgIpc) is 2.66. The van der Waals surface area contributed by atoms with Gasteiger partial charge in [-0.2, -0.15) is 17.0 Å². The molecule has 1 aliphatic rings. The van der Waals surface area contributed by atoms with E-state index >= 15 is 0 Å². The van der Waals surface area contributed by atoms with E-state index in [2.05, 4.69) is 17.9 Å². The largest absolute Gasteiger partial charge is 0.396 e. The molecule has 1 aromatic rings. The van der Waals surface area contributed by atoms with Gasteiger partial charge < -0.3 is 16.4 Å². The van der Waals surface area contributed by atoms with Crippen molar-refractivity contribution in [2.45, 2.75) is 12.2 Å². The lowest BCUT2D eigenvalue weighted by atomic mass is 10.2. The van der Waals surface area contributed by atoms with E-state index < -0.39 is 5.91 Å². The van der Waals surface area contributed by atoms with Crippen molar-refractivity contribution in [2.75, 3.05) is 29.5 Å². The first-order valence-corrected chi connectivity index (χ1v) is 7.39. The van der Waals surface area contributed by atoms with Crippen LogP contribution >= 0.6 is 23.1 Å². The van der Waals surface area contributed by atoms with E-state index in [-0.39, 0.29) is 10.6 Å². The molecule has 0 aliphatic carbocycles. The molecule has 0 saturated carbocycles. The Balaban J connectivity index is 2.41. The molecule has 96 valence electrons. The summed E-state index contributed by atoms with van der Waals surface area (Å²) in [5, 5.41) is 10.5. The number of anilines is 2. The zero-order valence-electron chi connectivity index (χ0n) is 9.97. The smallest absolute Gasteiger partial charge is 0.261 e. The number of hydrogen-bond acceptors (Lipinski definition) is 6. The van der Waals surface area contributed by atoms with Gasteiger partial charge in [0.15, 0.2) is 0 Å². The van der Waals surface area contributed by atoms with Crippen molar-refractivity contribution in [3.8, 4) is 6.07 Å². The fraction of sp³-hybridized carbons (Fsp3) is 0.455. The molecule has 7 heteroatoms. The highest BCUT2D eigenvalue weighted by Crippen LogP contribution is 2.39. The summed E-state index contributed by atoms with van der Waals surface area (Å²) in [5.74, 6) is 0.440. The van der Waals surface area contributed by atoms with Crippen LogP contribution < -0.4 is 16.4 Å². The topological polar surface area (TPSA) is 96.1 Å². The summed E-state index contributed by atoms with van der Waals surface area (Å²) >= 11 is 3.13. The molecule has 5 nitrogen and oxygen atoms in total. The number of rotatable bonds is 2. The van der Waals surface area contributed by atoms with Gasteiger partial charge in [-0.3, -0.25) is 4.79 Å². The number of amides is 1. The third kappa shape index (κ3) is 2.26. The van der Waals surface area contributed by atoms with Gasteiger partial charge in [0.1, 0.15) is 21.5 Å². The summed E-state index contributed by atoms with van der Waals surface area (Å²) in [6.45, 7) is 3.87. The van der Waals surface area contributed by atoms with Crippen molar-refractivity contribution >= 4 is 39.7 Å². The zero-order chi connectivity index (χ0) is 13.3. The van der Waals surface area contributed by atoms with Crippen LogP contribution in [0.4, 0.5) is 10.7 Å². The maximum absolute atomic E-state index is 11.3. The normalized spacial score (nSPS) is 19.6. The van der Waals surface area contributed by atoms with Gasteiger partial charge in [0.25, 0.3) is 5.91 Å². The minimum Gasteiger partial charge on any atom is -0.396 e. The maximum atomic E-state index is 11.3. The van der Waals surface area contributed by atoms with Gasteiger partial charge in [0.2, 0.25) is 0 Å². The minimum absolute atomic E-state index is 0.218. The number of carbonyl (C=O) groups is 1. The van der Waals surface area contributed by atoms with Gasteiger partial charge in [-0.05, 0) is 0 Å². The molecule has 2 heterocycles. The first-order chi connectivity index (χ1) is 8.54. The fourth-order valence-electron chi connectivity index (χ4n) is 1.95. The monoisotopic (exact) mass is 282 g/mol. The van der Waals surface area contributed by atoms with Crippen molar-refractivity contribution in [3.63, 3.8) is 0 Å². The van der Waals surface area contributed by atoms with Gasteiger partial charge >= 0.3 is 0 Å². The predicted molar refractivity (Wildman–Crippen MR) is 76.1 cm³/mol. The lowest BCUT2D eigenvalue weighted by Crippen LogP contribution is -2.36. The number of nitrogen functional groups attached to an aromatic ring is 1. The Morgan fingerprint density at radius 2 is 2.33 bits per heavy atom. The lowest BCUT2D eigenvalue weighted by molar-refractivity contribution is 0.100. The quantitative estimate of drug-likeness (QED) is 0.850. The standard InChI is InChI=1S/C11H14N4OS2/c1-6-5-15(2-3-17-6)11-7(4-12)8(13)9(18-11)10(14)16/h6H,2-3,5,13H2,1H3,(H2,14,16). The Morgan fingerprint density at radius 1 is 1.61 bits per heavy atom. The number of hydrogen-bond donors (Lipinski definition) is 2. The van der Waals surface area contributed by atoms with Gasteiger partial charge in [-0.1, -0.05) is 6.92 Å². The van der Waals surface area contributed by atoms with Crippen molar-refractivity contribution in [1.29, 1.82) is 5.26 Å². The molecule has 2 rings (SSSR count). The number of thioether (sulfide) groups is 1. The number of nitrogens with two attached hydrogens (primary N) is 2. The second kappa shape index (κ2) is 5.08. The highest BCUT2D eigenvalue weighted by molar-refractivity contribution is 8.00. The van der Waals surface area contributed by atoms with Gasteiger partial charge in [0, 0.05) is 24.1 Å².